The van der Waals surface area contributed by atoms with Crippen LogP contribution in [0.5, 0.6) is 0 Å². The van der Waals surface area contributed by atoms with Crippen LogP contribution >= 0.6 is 0 Å². The Balaban J connectivity index is 2.29. The second-order valence-electron chi connectivity index (χ2n) is 3.53. The third kappa shape index (κ3) is 2.31. The second-order valence-corrected chi connectivity index (χ2v) is 3.53. The largest absolute Gasteiger partial charge is 0.311 e. The van der Waals surface area contributed by atoms with Crippen LogP contribution in [0.1, 0.15) is 11.1 Å². The molecule has 0 bridgehead atoms. The highest BCUT2D eigenvalue weighted by Gasteiger charge is 1.97. The van der Waals surface area contributed by atoms with E-state index in [1.807, 2.05) is 31.3 Å². The van der Waals surface area contributed by atoms with Crippen LogP contribution in [-0.2, 0) is 6.54 Å². The lowest BCUT2D eigenvalue weighted by atomic mass is 10.2. The lowest BCUT2D eigenvalue weighted by Gasteiger charge is -2.05. The fourth-order valence-electron chi connectivity index (χ4n) is 1.42. The van der Waals surface area contributed by atoms with Gasteiger partial charge in [0, 0.05) is 24.7 Å². The van der Waals surface area contributed by atoms with Crippen molar-refractivity contribution >= 4 is 0 Å². The van der Waals surface area contributed by atoms with E-state index in [0.29, 0.717) is 6.54 Å². The molecule has 2 rings (SSSR count). The first-order chi connectivity index (χ1) is 7.25. The van der Waals surface area contributed by atoms with E-state index in [2.05, 4.69) is 4.98 Å². The summed E-state index contributed by atoms with van der Waals surface area (Å²) in [6.07, 6.45) is 5.28. The van der Waals surface area contributed by atoms with Crippen LogP contribution < -0.4 is 5.56 Å². The Morgan fingerprint density at radius 1 is 1.27 bits per heavy atom. The maximum Gasteiger partial charge on any atom is 0.251 e. The average Bonchev–Trinajstić information content (AvgIpc) is 2.24. The lowest BCUT2D eigenvalue weighted by Crippen LogP contribution is -2.19. The summed E-state index contributed by atoms with van der Waals surface area (Å²) in [6.45, 7) is 2.51. The molecule has 15 heavy (non-hydrogen) atoms. The molecule has 0 aliphatic carbocycles. The van der Waals surface area contributed by atoms with Crippen LogP contribution in [0, 0.1) is 6.92 Å². The van der Waals surface area contributed by atoms with Gasteiger partial charge in [0.2, 0.25) is 0 Å². The van der Waals surface area contributed by atoms with Crippen molar-refractivity contribution in [3.05, 3.63) is 64.3 Å². The number of rotatable bonds is 2. The molecule has 2 aromatic rings. The van der Waals surface area contributed by atoms with Gasteiger partial charge < -0.3 is 4.57 Å². The molecule has 0 amide bonds. The SMILES string of the molecule is Cc1ccn(Cc2ccncc2)c(=O)c1. The van der Waals surface area contributed by atoms with Crippen LogP contribution in [0.15, 0.2) is 47.7 Å². The summed E-state index contributed by atoms with van der Waals surface area (Å²) in [4.78, 5) is 15.5. The van der Waals surface area contributed by atoms with Crippen molar-refractivity contribution in [2.24, 2.45) is 0 Å². The van der Waals surface area contributed by atoms with E-state index in [4.69, 9.17) is 0 Å². The van der Waals surface area contributed by atoms with Crippen molar-refractivity contribution < 1.29 is 0 Å². The standard InChI is InChI=1S/C12H12N2O/c1-10-4-7-14(12(15)8-10)9-11-2-5-13-6-3-11/h2-8H,9H2,1H3. The Bertz CT molecular complexity index is 503. The predicted molar refractivity (Wildman–Crippen MR) is 58.8 cm³/mol. The normalized spacial score (nSPS) is 10.2. The van der Waals surface area contributed by atoms with Crippen LogP contribution in [0.2, 0.25) is 0 Å². The Morgan fingerprint density at radius 2 is 2.00 bits per heavy atom. The van der Waals surface area contributed by atoms with Crippen molar-refractivity contribution in [2.45, 2.75) is 13.5 Å². The Kier molecular flexibility index (Phi) is 2.63. The molecule has 0 N–H and O–H groups in total. The first-order valence-electron chi connectivity index (χ1n) is 4.82. The topological polar surface area (TPSA) is 34.9 Å². The number of aromatic nitrogens is 2. The second kappa shape index (κ2) is 4.09. The molecule has 0 aromatic carbocycles. The summed E-state index contributed by atoms with van der Waals surface area (Å²) >= 11 is 0. The summed E-state index contributed by atoms with van der Waals surface area (Å²) in [5, 5.41) is 0. The average molecular weight is 200 g/mol. The minimum absolute atomic E-state index is 0.0341. The monoisotopic (exact) mass is 200 g/mol. The highest BCUT2D eigenvalue weighted by molar-refractivity contribution is 5.13. The van der Waals surface area contributed by atoms with Gasteiger partial charge in [-0.15, -0.1) is 0 Å². The number of hydrogen-bond acceptors (Lipinski definition) is 2. The van der Waals surface area contributed by atoms with Crippen molar-refractivity contribution in [1.82, 2.24) is 9.55 Å². The minimum Gasteiger partial charge on any atom is -0.311 e. The van der Waals surface area contributed by atoms with Gasteiger partial charge in [-0.3, -0.25) is 9.78 Å². The first-order valence-corrected chi connectivity index (χ1v) is 4.82. The van der Waals surface area contributed by atoms with Gasteiger partial charge in [0.15, 0.2) is 0 Å². The van der Waals surface area contributed by atoms with Gasteiger partial charge in [-0.1, -0.05) is 0 Å². The van der Waals surface area contributed by atoms with Gasteiger partial charge in [-0.2, -0.15) is 0 Å². The first kappa shape index (κ1) is 9.65. The van der Waals surface area contributed by atoms with Crippen LogP contribution in [-0.4, -0.2) is 9.55 Å². The van der Waals surface area contributed by atoms with E-state index in [1.54, 1.807) is 23.0 Å². The Labute approximate surface area is 88.0 Å². The molecular weight excluding hydrogens is 188 g/mol. The summed E-state index contributed by atoms with van der Waals surface area (Å²) in [6, 6.07) is 7.39. The van der Waals surface area contributed by atoms with E-state index in [9.17, 15) is 4.79 Å². The maximum absolute atomic E-state index is 11.6. The molecule has 2 heterocycles. The molecule has 2 aromatic heterocycles. The highest BCUT2D eigenvalue weighted by atomic mass is 16.1. The van der Waals surface area contributed by atoms with Gasteiger partial charge in [0.25, 0.3) is 5.56 Å². The third-order valence-electron chi connectivity index (χ3n) is 2.25. The number of nitrogens with zero attached hydrogens (tertiary/aromatic N) is 2. The zero-order chi connectivity index (χ0) is 10.7. The maximum atomic E-state index is 11.6. The number of pyridine rings is 2. The van der Waals surface area contributed by atoms with Crippen LogP contribution in [0.4, 0.5) is 0 Å². The molecule has 0 atom stereocenters. The van der Waals surface area contributed by atoms with E-state index >= 15 is 0 Å². The molecule has 0 aliphatic rings. The summed E-state index contributed by atoms with van der Waals surface area (Å²) in [7, 11) is 0. The van der Waals surface area contributed by atoms with Crippen molar-refractivity contribution in [1.29, 1.82) is 0 Å². The molecule has 0 unspecified atom stereocenters. The fourth-order valence-corrected chi connectivity index (χ4v) is 1.42. The lowest BCUT2D eigenvalue weighted by molar-refractivity contribution is 0.756. The zero-order valence-corrected chi connectivity index (χ0v) is 8.55. The molecule has 0 aliphatic heterocycles. The van der Waals surface area contributed by atoms with Crippen molar-refractivity contribution in [2.75, 3.05) is 0 Å². The van der Waals surface area contributed by atoms with Gasteiger partial charge in [-0.05, 0) is 36.2 Å². The Morgan fingerprint density at radius 3 is 2.67 bits per heavy atom. The molecule has 3 heteroatoms. The zero-order valence-electron chi connectivity index (χ0n) is 8.55. The number of aryl methyl sites for hydroxylation is 1. The van der Waals surface area contributed by atoms with Gasteiger partial charge >= 0.3 is 0 Å². The summed E-state index contributed by atoms with van der Waals surface area (Å²) in [5.74, 6) is 0. The van der Waals surface area contributed by atoms with Crippen molar-refractivity contribution in [3.63, 3.8) is 0 Å². The summed E-state index contributed by atoms with van der Waals surface area (Å²) in [5.41, 5.74) is 2.11. The molecule has 76 valence electrons. The molecule has 0 spiro atoms. The minimum atomic E-state index is 0.0341. The Hall–Kier alpha value is -1.90. The molecule has 0 saturated carbocycles. The van der Waals surface area contributed by atoms with E-state index in [-0.39, 0.29) is 5.56 Å². The van der Waals surface area contributed by atoms with Crippen LogP contribution in [0.25, 0.3) is 0 Å². The smallest absolute Gasteiger partial charge is 0.251 e. The summed E-state index contributed by atoms with van der Waals surface area (Å²) < 4.78 is 1.68. The van der Waals surface area contributed by atoms with E-state index < -0.39 is 0 Å². The predicted octanol–water partition coefficient (Wildman–Crippen LogP) is 1.60. The fraction of sp³-hybridized carbons (Fsp3) is 0.167. The van der Waals surface area contributed by atoms with Gasteiger partial charge in [-0.25, -0.2) is 0 Å². The van der Waals surface area contributed by atoms with Crippen LogP contribution in [0.3, 0.4) is 0 Å². The molecule has 3 nitrogen and oxygen atoms in total. The molecule has 0 fully saturated rings. The molecule has 0 saturated heterocycles. The third-order valence-corrected chi connectivity index (χ3v) is 2.25. The molecule has 0 radical (unpaired) electrons. The van der Waals surface area contributed by atoms with Crippen molar-refractivity contribution in [3.8, 4) is 0 Å². The quantitative estimate of drug-likeness (QED) is 0.738. The number of hydrogen-bond donors (Lipinski definition) is 0. The van der Waals surface area contributed by atoms with E-state index in [1.165, 1.54) is 0 Å². The highest BCUT2D eigenvalue weighted by Crippen LogP contribution is 1.99. The van der Waals surface area contributed by atoms with Gasteiger partial charge in [0.05, 0.1) is 6.54 Å². The molecular formula is C12H12N2O. The van der Waals surface area contributed by atoms with Gasteiger partial charge in [0.1, 0.15) is 0 Å². The van der Waals surface area contributed by atoms with E-state index in [0.717, 1.165) is 11.1 Å².